The minimum absolute atomic E-state index is 0.136. The van der Waals surface area contributed by atoms with E-state index in [-0.39, 0.29) is 18.2 Å². The summed E-state index contributed by atoms with van der Waals surface area (Å²) in [5, 5.41) is 3.24. The summed E-state index contributed by atoms with van der Waals surface area (Å²) < 4.78 is 12.4. The summed E-state index contributed by atoms with van der Waals surface area (Å²) in [6.07, 6.45) is 3.47. The van der Waals surface area contributed by atoms with Crippen LogP contribution < -0.4 is 4.90 Å². The average Bonchev–Trinajstić information content (AvgIpc) is 3.59. The Morgan fingerprint density at radius 3 is 2.73 bits per heavy atom. The molecule has 1 N–H and O–H groups in total. The first-order valence-electron chi connectivity index (χ1n) is 14.0. The van der Waals surface area contributed by atoms with Gasteiger partial charge in [0.25, 0.3) is 0 Å². The van der Waals surface area contributed by atoms with Crippen molar-refractivity contribution in [3.63, 3.8) is 0 Å². The van der Waals surface area contributed by atoms with Gasteiger partial charge in [0.15, 0.2) is 11.6 Å². The number of hydrogen-bond acceptors (Lipinski definition) is 9. The van der Waals surface area contributed by atoms with E-state index in [0.717, 1.165) is 52.3 Å². The number of morpholine rings is 1. The van der Waals surface area contributed by atoms with Gasteiger partial charge in [-0.05, 0) is 52.1 Å². The molecule has 4 aromatic rings. The zero-order valence-electron chi connectivity index (χ0n) is 23.8. The molecule has 2 fully saturated rings. The van der Waals surface area contributed by atoms with Crippen LogP contribution in [0.25, 0.3) is 32.6 Å². The van der Waals surface area contributed by atoms with Crippen molar-refractivity contribution in [3.8, 4) is 11.4 Å². The van der Waals surface area contributed by atoms with E-state index in [1.807, 2.05) is 44.0 Å². The van der Waals surface area contributed by atoms with Crippen LogP contribution >= 0.6 is 11.3 Å². The van der Waals surface area contributed by atoms with Crippen molar-refractivity contribution < 1.29 is 14.3 Å². The fourth-order valence-corrected chi connectivity index (χ4v) is 6.64. The number of pyridine rings is 1. The van der Waals surface area contributed by atoms with E-state index in [9.17, 15) is 4.79 Å². The first-order chi connectivity index (χ1) is 19.2. The van der Waals surface area contributed by atoms with Gasteiger partial charge in [0.2, 0.25) is 0 Å². The average molecular weight is 564 g/mol. The van der Waals surface area contributed by atoms with Gasteiger partial charge in [-0.2, -0.15) is 0 Å². The standard InChI is InChI=1S/C29H37N7O3S/c1-18-16-38-15-14-36(18)27-24-23(32-26(33-27)21-7-9-31-25-20(21)6-8-30-25)22(17-40-24)19(2)34-10-12-35(13-11-34)28(37)39-29(3,4)5/h6-9,17-19H,10-16H2,1-5H3,(H,30,31)/t18-,19?/m1/s1. The highest BCUT2D eigenvalue weighted by Crippen LogP contribution is 2.40. The molecule has 0 aromatic carbocycles. The Morgan fingerprint density at radius 2 is 1.98 bits per heavy atom. The third-order valence-electron chi connectivity index (χ3n) is 7.73. The second kappa shape index (κ2) is 10.6. The number of hydrogen-bond donors (Lipinski definition) is 1. The van der Waals surface area contributed by atoms with Crippen LogP contribution in [0.1, 0.15) is 46.2 Å². The van der Waals surface area contributed by atoms with Crippen LogP contribution in [-0.4, -0.2) is 93.4 Å². The number of anilines is 1. The minimum Gasteiger partial charge on any atom is -0.444 e. The number of carbonyl (C=O) groups excluding carboxylic acids is 1. The van der Waals surface area contributed by atoms with E-state index in [2.05, 4.69) is 39.0 Å². The second-order valence-electron chi connectivity index (χ2n) is 11.6. The van der Waals surface area contributed by atoms with Crippen LogP contribution in [0.4, 0.5) is 10.6 Å². The van der Waals surface area contributed by atoms with Gasteiger partial charge >= 0.3 is 6.09 Å². The van der Waals surface area contributed by atoms with Gasteiger partial charge in [-0.25, -0.2) is 19.7 Å². The topological polar surface area (TPSA) is 99.7 Å². The van der Waals surface area contributed by atoms with Gasteiger partial charge < -0.3 is 24.3 Å². The SMILES string of the molecule is CC(c1csc2c(N3CCOC[C@H]3C)nc(-c3ccnc4[nH]ccc34)nc12)N1CCN(C(=O)OC(C)(C)C)CC1. The summed E-state index contributed by atoms with van der Waals surface area (Å²) in [7, 11) is 0. The second-order valence-corrected chi connectivity index (χ2v) is 12.5. The fourth-order valence-electron chi connectivity index (χ4n) is 5.55. The molecule has 2 atom stereocenters. The highest BCUT2D eigenvalue weighted by Gasteiger charge is 2.31. The molecule has 1 amide bonds. The molecular weight excluding hydrogens is 526 g/mol. The Bertz CT molecular complexity index is 1520. The lowest BCUT2D eigenvalue weighted by Crippen LogP contribution is -2.50. The third-order valence-corrected chi connectivity index (χ3v) is 8.71. The molecular formula is C29H37N7O3S. The zero-order valence-corrected chi connectivity index (χ0v) is 24.6. The molecule has 2 aliphatic heterocycles. The molecule has 6 heterocycles. The van der Waals surface area contributed by atoms with Crippen molar-refractivity contribution in [1.29, 1.82) is 0 Å². The van der Waals surface area contributed by atoms with Crippen LogP contribution in [0, 0.1) is 0 Å². The summed E-state index contributed by atoms with van der Waals surface area (Å²) >= 11 is 1.71. The number of amides is 1. The maximum Gasteiger partial charge on any atom is 0.410 e. The molecule has 2 saturated heterocycles. The summed E-state index contributed by atoms with van der Waals surface area (Å²) in [5.41, 5.74) is 3.47. The number of aromatic nitrogens is 4. The number of rotatable bonds is 4. The maximum absolute atomic E-state index is 12.6. The van der Waals surface area contributed by atoms with Crippen LogP contribution in [0.15, 0.2) is 29.9 Å². The van der Waals surface area contributed by atoms with E-state index in [1.165, 1.54) is 5.56 Å². The summed E-state index contributed by atoms with van der Waals surface area (Å²) in [6, 6.07) is 4.38. The number of aromatic amines is 1. The minimum atomic E-state index is -0.495. The van der Waals surface area contributed by atoms with E-state index < -0.39 is 5.60 Å². The lowest BCUT2D eigenvalue weighted by atomic mass is 10.1. The van der Waals surface area contributed by atoms with Gasteiger partial charge in [0, 0.05) is 67.7 Å². The maximum atomic E-state index is 12.6. The van der Waals surface area contributed by atoms with Gasteiger partial charge in [-0.3, -0.25) is 4.90 Å². The molecule has 40 heavy (non-hydrogen) atoms. The number of nitrogens with one attached hydrogen (secondary N) is 1. The first kappa shape index (κ1) is 26.9. The Balaban J connectivity index is 1.35. The number of carbonyl (C=O) groups is 1. The van der Waals surface area contributed by atoms with E-state index in [4.69, 9.17) is 19.4 Å². The van der Waals surface area contributed by atoms with Crippen molar-refractivity contribution in [2.24, 2.45) is 0 Å². The zero-order chi connectivity index (χ0) is 28.0. The van der Waals surface area contributed by atoms with E-state index in [1.54, 1.807) is 17.5 Å². The summed E-state index contributed by atoms with van der Waals surface area (Å²) in [6.45, 7) is 15.1. The Morgan fingerprint density at radius 1 is 1.18 bits per heavy atom. The number of thiophene rings is 1. The van der Waals surface area contributed by atoms with Crippen LogP contribution in [-0.2, 0) is 9.47 Å². The van der Waals surface area contributed by atoms with Crippen molar-refractivity contribution in [2.75, 3.05) is 50.8 Å². The van der Waals surface area contributed by atoms with E-state index in [0.29, 0.717) is 32.1 Å². The molecule has 4 aromatic heterocycles. The fraction of sp³-hybridized carbons (Fsp3) is 0.517. The molecule has 212 valence electrons. The predicted octanol–water partition coefficient (Wildman–Crippen LogP) is 5.07. The molecule has 10 nitrogen and oxygen atoms in total. The molecule has 2 aliphatic rings. The van der Waals surface area contributed by atoms with Crippen LogP contribution in [0.2, 0.25) is 0 Å². The molecule has 11 heteroatoms. The van der Waals surface area contributed by atoms with Crippen molar-refractivity contribution in [1.82, 2.24) is 29.7 Å². The van der Waals surface area contributed by atoms with Crippen LogP contribution in [0.3, 0.4) is 0 Å². The Hall–Kier alpha value is -3.28. The van der Waals surface area contributed by atoms with Crippen molar-refractivity contribution in [2.45, 2.75) is 52.3 Å². The molecule has 0 radical (unpaired) electrons. The molecule has 6 rings (SSSR count). The lowest BCUT2D eigenvalue weighted by Gasteiger charge is -2.38. The highest BCUT2D eigenvalue weighted by molar-refractivity contribution is 7.18. The number of ether oxygens (including phenoxy) is 2. The van der Waals surface area contributed by atoms with Gasteiger partial charge in [-0.15, -0.1) is 11.3 Å². The summed E-state index contributed by atoms with van der Waals surface area (Å²) in [5.74, 6) is 1.67. The quantitative estimate of drug-likeness (QED) is 0.367. The number of nitrogens with zero attached hydrogens (tertiary/aromatic N) is 6. The number of piperazine rings is 1. The Labute approximate surface area is 238 Å². The third kappa shape index (κ3) is 5.13. The summed E-state index contributed by atoms with van der Waals surface area (Å²) in [4.78, 5) is 37.3. The van der Waals surface area contributed by atoms with Gasteiger partial charge in [0.1, 0.15) is 11.2 Å². The molecule has 0 aliphatic carbocycles. The normalized spacial score (nSPS) is 19.9. The first-order valence-corrected chi connectivity index (χ1v) is 14.9. The predicted molar refractivity (Wildman–Crippen MR) is 158 cm³/mol. The van der Waals surface area contributed by atoms with Gasteiger partial charge in [-0.1, -0.05) is 0 Å². The van der Waals surface area contributed by atoms with E-state index >= 15 is 0 Å². The number of H-pyrrole nitrogens is 1. The lowest BCUT2D eigenvalue weighted by molar-refractivity contribution is 0.0111. The highest BCUT2D eigenvalue weighted by atomic mass is 32.1. The molecule has 1 unspecified atom stereocenters. The van der Waals surface area contributed by atoms with Crippen LogP contribution in [0.5, 0.6) is 0 Å². The van der Waals surface area contributed by atoms with Gasteiger partial charge in [0.05, 0.1) is 29.5 Å². The molecule has 0 saturated carbocycles. The smallest absolute Gasteiger partial charge is 0.410 e. The molecule has 0 bridgehead atoms. The van der Waals surface area contributed by atoms with Crippen molar-refractivity contribution >= 4 is 44.5 Å². The monoisotopic (exact) mass is 563 g/mol. The number of fused-ring (bicyclic) bond motifs is 2. The molecule has 0 spiro atoms. The largest absolute Gasteiger partial charge is 0.444 e. The van der Waals surface area contributed by atoms with Crippen molar-refractivity contribution in [3.05, 3.63) is 35.5 Å². The Kier molecular flexibility index (Phi) is 7.14.